The molecular formula is C8H7BrF4N2O. The van der Waals surface area contributed by atoms with E-state index >= 15 is 0 Å². The summed E-state index contributed by atoms with van der Waals surface area (Å²) in [5.74, 6) is -6.64. The summed E-state index contributed by atoms with van der Waals surface area (Å²) in [5, 5.41) is 3.60. The molecule has 8 heteroatoms. The fraction of sp³-hybridized carbons (Fsp3) is 0.500. The Bertz CT molecular complexity index is 405. The van der Waals surface area contributed by atoms with E-state index in [-0.39, 0.29) is 11.0 Å². The van der Waals surface area contributed by atoms with Crippen LogP contribution in [0.2, 0.25) is 0 Å². The summed E-state index contributed by atoms with van der Waals surface area (Å²) >= 11 is 2.82. The third-order valence-corrected chi connectivity index (χ3v) is 2.47. The minimum Gasteiger partial charge on any atom is -0.285 e. The van der Waals surface area contributed by atoms with E-state index in [9.17, 15) is 22.4 Å². The Hall–Kier alpha value is -0.920. The monoisotopic (exact) mass is 302 g/mol. The van der Waals surface area contributed by atoms with Crippen LogP contribution in [0.4, 0.5) is 17.6 Å². The van der Waals surface area contributed by atoms with Crippen LogP contribution in [0.15, 0.2) is 10.7 Å². The van der Waals surface area contributed by atoms with E-state index in [1.54, 1.807) is 6.92 Å². The molecule has 1 aromatic heterocycles. The maximum atomic E-state index is 12.8. The first-order valence-corrected chi connectivity index (χ1v) is 5.03. The molecule has 0 saturated carbocycles. The van der Waals surface area contributed by atoms with Gasteiger partial charge in [-0.2, -0.15) is 13.9 Å². The molecule has 0 saturated heterocycles. The second-order valence-electron chi connectivity index (χ2n) is 2.91. The third-order valence-electron chi connectivity index (χ3n) is 1.89. The number of carbonyl (C=O) groups is 1. The van der Waals surface area contributed by atoms with E-state index in [1.165, 1.54) is 0 Å². The van der Waals surface area contributed by atoms with Crippen molar-refractivity contribution in [3.63, 3.8) is 0 Å². The van der Waals surface area contributed by atoms with Crippen molar-refractivity contribution in [2.75, 3.05) is 0 Å². The van der Waals surface area contributed by atoms with E-state index in [0.717, 1.165) is 10.9 Å². The van der Waals surface area contributed by atoms with Crippen molar-refractivity contribution in [3.8, 4) is 0 Å². The predicted octanol–water partition coefficient (Wildman–Crippen LogP) is 2.75. The summed E-state index contributed by atoms with van der Waals surface area (Å²) < 4.78 is 50.6. The van der Waals surface area contributed by atoms with Gasteiger partial charge in [0.25, 0.3) is 5.78 Å². The van der Waals surface area contributed by atoms with Gasteiger partial charge in [-0.25, -0.2) is 8.78 Å². The van der Waals surface area contributed by atoms with E-state index in [2.05, 4.69) is 21.0 Å². The average molecular weight is 303 g/mol. The molecule has 0 spiro atoms. The SMILES string of the molecule is CCn1ncc(Br)c1C(=O)C(F)(F)C(F)F. The van der Waals surface area contributed by atoms with Crippen LogP contribution in [0.3, 0.4) is 0 Å². The number of alkyl halides is 4. The zero-order valence-corrected chi connectivity index (χ0v) is 9.64. The zero-order valence-electron chi connectivity index (χ0n) is 8.05. The maximum Gasteiger partial charge on any atom is 0.370 e. The number of hydrogen-bond donors (Lipinski definition) is 0. The number of rotatable bonds is 4. The fourth-order valence-electron chi connectivity index (χ4n) is 1.08. The Morgan fingerprint density at radius 2 is 2.19 bits per heavy atom. The topological polar surface area (TPSA) is 34.9 Å². The number of aromatic nitrogens is 2. The number of hydrogen-bond acceptors (Lipinski definition) is 2. The van der Waals surface area contributed by atoms with Crippen LogP contribution in [0.1, 0.15) is 17.4 Å². The summed E-state index contributed by atoms with van der Waals surface area (Å²) in [6.07, 6.45) is -2.93. The second kappa shape index (κ2) is 4.52. The van der Waals surface area contributed by atoms with Crippen molar-refractivity contribution in [1.82, 2.24) is 9.78 Å². The van der Waals surface area contributed by atoms with Gasteiger partial charge < -0.3 is 0 Å². The minimum atomic E-state index is -4.70. The van der Waals surface area contributed by atoms with Crippen LogP contribution in [-0.4, -0.2) is 27.9 Å². The molecule has 16 heavy (non-hydrogen) atoms. The summed E-state index contributed by atoms with van der Waals surface area (Å²) in [4.78, 5) is 11.2. The zero-order chi connectivity index (χ0) is 12.5. The molecule has 0 radical (unpaired) electrons. The molecule has 1 aromatic rings. The molecule has 0 amide bonds. The summed E-state index contributed by atoms with van der Waals surface area (Å²) in [6, 6.07) is 0. The number of carbonyl (C=O) groups excluding carboxylic acids is 1. The summed E-state index contributed by atoms with van der Waals surface area (Å²) in [7, 11) is 0. The first-order valence-electron chi connectivity index (χ1n) is 4.24. The van der Waals surface area contributed by atoms with Crippen molar-refractivity contribution in [1.29, 1.82) is 0 Å². The number of ketones is 1. The van der Waals surface area contributed by atoms with Crippen molar-refractivity contribution >= 4 is 21.7 Å². The molecule has 0 aromatic carbocycles. The first-order chi connectivity index (χ1) is 7.32. The van der Waals surface area contributed by atoms with Gasteiger partial charge in [-0.05, 0) is 22.9 Å². The summed E-state index contributed by atoms with van der Waals surface area (Å²) in [6.45, 7) is 1.68. The Kier molecular flexibility index (Phi) is 3.72. The second-order valence-corrected chi connectivity index (χ2v) is 3.76. The van der Waals surface area contributed by atoms with E-state index < -0.39 is 23.8 Å². The molecule has 0 N–H and O–H groups in total. The van der Waals surface area contributed by atoms with Gasteiger partial charge in [0.1, 0.15) is 5.69 Å². The van der Waals surface area contributed by atoms with E-state index in [4.69, 9.17) is 0 Å². The van der Waals surface area contributed by atoms with Gasteiger partial charge in [-0.1, -0.05) is 0 Å². The van der Waals surface area contributed by atoms with Gasteiger partial charge >= 0.3 is 12.3 Å². The van der Waals surface area contributed by atoms with Gasteiger partial charge in [0.2, 0.25) is 0 Å². The van der Waals surface area contributed by atoms with Crippen LogP contribution >= 0.6 is 15.9 Å². The lowest BCUT2D eigenvalue weighted by Gasteiger charge is -2.14. The van der Waals surface area contributed by atoms with Gasteiger partial charge in [0.15, 0.2) is 0 Å². The molecule has 0 unspecified atom stereocenters. The Balaban J connectivity index is 3.19. The molecular weight excluding hydrogens is 296 g/mol. The third kappa shape index (κ3) is 2.11. The lowest BCUT2D eigenvalue weighted by molar-refractivity contribution is -0.0963. The molecule has 0 fully saturated rings. The molecule has 1 heterocycles. The number of nitrogens with zero attached hydrogens (tertiary/aromatic N) is 2. The van der Waals surface area contributed by atoms with E-state index in [0.29, 0.717) is 0 Å². The first kappa shape index (κ1) is 13.1. The van der Waals surface area contributed by atoms with Crippen molar-refractivity contribution in [2.24, 2.45) is 0 Å². The standard InChI is InChI=1S/C8H7BrF4N2O/c1-2-15-5(4(9)3-14-15)6(16)8(12,13)7(10)11/h3,7H,2H2,1H3. The van der Waals surface area contributed by atoms with Crippen LogP contribution in [-0.2, 0) is 6.54 Å². The lowest BCUT2D eigenvalue weighted by Crippen LogP contribution is -2.38. The summed E-state index contributed by atoms with van der Waals surface area (Å²) in [5.41, 5.74) is -0.548. The van der Waals surface area contributed by atoms with Gasteiger partial charge in [-0.15, -0.1) is 0 Å². The maximum absolute atomic E-state index is 12.8. The Labute approximate surface area is 96.6 Å². The van der Waals surface area contributed by atoms with Gasteiger partial charge in [0, 0.05) is 6.54 Å². The van der Waals surface area contributed by atoms with Crippen molar-refractivity contribution < 1.29 is 22.4 Å². The van der Waals surface area contributed by atoms with Crippen molar-refractivity contribution in [3.05, 3.63) is 16.4 Å². The quantitative estimate of drug-likeness (QED) is 0.633. The normalized spacial score (nSPS) is 12.2. The molecule has 90 valence electrons. The highest BCUT2D eigenvalue weighted by molar-refractivity contribution is 9.10. The molecule has 0 atom stereocenters. The predicted molar refractivity (Wildman–Crippen MR) is 50.9 cm³/mol. The highest BCUT2D eigenvalue weighted by Gasteiger charge is 2.50. The van der Waals surface area contributed by atoms with Crippen LogP contribution in [0.25, 0.3) is 0 Å². The van der Waals surface area contributed by atoms with Gasteiger partial charge in [0.05, 0.1) is 10.7 Å². The van der Waals surface area contributed by atoms with Crippen LogP contribution in [0.5, 0.6) is 0 Å². The van der Waals surface area contributed by atoms with E-state index in [1.807, 2.05) is 0 Å². The fourth-order valence-corrected chi connectivity index (χ4v) is 1.56. The van der Waals surface area contributed by atoms with Crippen LogP contribution < -0.4 is 0 Å². The highest BCUT2D eigenvalue weighted by atomic mass is 79.9. The molecule has 0 bridgehead atoms. The van der Waals surface area contributed by atoms with Crippen molar-refractivity contribution in [2.45, 2.75) is 25.8 Å². The molecule has 3 nitrogen and oxygen atoms in total. The molecule has 0 aliphatic carbocycles. The minimum absolute atomic E-state index is 0.0281. The molecule has 1 rings (SSSR count). The number of halogens is 5. The molecule has 0 aliphatic heterocycles. The average Bonchev–Trinajstić information content (AvgIpc) is 2.57. The lowest BCUT2D eigenvalue weighted by atomic mass is 10.1. The molecule has 0 aliphatic rings. The van der Waals surface area contributed by atoms with Gasteiger partial charge in [-0.3, -0.25) is 9.48 Å². The Morgan fingerprint density at radius 3 is 2.62 bits per heavy atom. The Morgan fingerprint density at radius 1 is 1.62 bits per heavy atom. The smallest absolute Gasteiger partial charge is 0.285 e. The number of Topliss-reactive ketones (excluding diaryl/α,β-unsaturated/α-hetero) is 1. The van der Waals surface area contributed by atoms with Crippen LogP contribution in [0, 0.1) is 0 Å². The highest BCUT2D eigenvalue weighted by Crippen LogP contribution is 2.30. The largest absolute Gasteiger partial charge is 0.370 e. The number of aryl methyl sites for hydroxylation is 1.